The Hall–Kier alpha value is -0.720. The molecule has 0 aliphatic heterocycles. The Bertz CT molecular complexity index is 374. The Morgan fingerprint density at radius 3 is 2.69 bits per heavy atom. The summed E-state index contributed by atoms with van der Waals surface area (Å²) in [6.07, 6.45) is 0. The predicted octanol–water partition coefficient (Wildman–Crippen LogP) is 2.09. The van der Waals surface area contributed by atoms with Gasteiger partial charge in [0.15, 0.2) is 0 Å². The van der Waals surface area contributed by atoms with Crippen LogP contribution in [0.3, 0.4) is 0 Å². The molecule has 0 aliphatic rings. The summed E-state index contributed by atoms with van der Waals surface area (Å²) in [7, 11) is 1.37. The van der Waals surface area contributed by atoms with Crippen LogP contribution in [0.4, 0.5) is 8.78 Å². The van der Waals surface area contributed by atoms with E-state index in [0.29, 0.717) is 4.47 Å². The van der Waals surface area contributed by atoms with Gasteiger partial charge in [-0.25, -0.2) is 8.78 Å². The van der Waals surface area contributed by atoms with Crippen molar-refractivity contribution in [1.82, 2.24) is 0 Å². The molecule has 1 atom stereocenters. The number of nitrogens with two attached hydrogens (primary N) is 1. The maximum Gasteiger partial charge on any atom is 0.289 e. The molecule has 3 N–H and O–H groups in total. The van der Waals surface area contributed by atoms with Gasteiger partial charge in [-0.15, -0.1) is 0 Å². The smallest absolute Gasteiger partial charge is 0.289 e. The van der Waals surface area contributed by atoms with Crippen LogP contribution >= 0.6 is 15.9 Å². The van der Waals surface area contributed by atoms with Crippen LogP contribution in [-0.4, -0.2) is 24.7 Å². The molecule has 0 spiro atoms. The van der Waals surface area contributed by atoms with Crippen LogP contribution < -0.4 is 10.5 Å². The fourth-order valence-electron chi connectivity index (χ4n) is 1.27. The Kier molecular flexibility index (Phi) is 4.23. The topological polar surface area (TPSA) is 55.5 Å². The summed E-state index contributed by atoms with van der Waals surface area (Å²) in [5.41, 5.74) is 5.57. The zero-order valence-corrected chi connectivity index (χ0v) is 10.2. The summed E-state index contributed by atoms with van der Waals surface area (Å²) in [5, 5.41) is 8.58. The first-order chi connectivity index (χ1) is 7.42. The van der Waals surface area contributed by atoms with Crippen molar-refractivity contribution in [3.63, 3.8) is 0 Å². The fraction of sp³-hybridized carbons (Fsp3) is 0.400. The lowest BCUT2D eigenvalue weighted by atomic mass is 10.0. The van der Waals surface area contributed by atoms with E-state index in [4.69, 9.17) is 15.6 Å². The molecule has 3 nitrogen and oxygen atoms in total. The van der Waals surface area contributed by atoms with Crippen LogP contribution in [0, 0.1) is 0 Å². The molecule has 0 heterocycles. The maximum atomic E-state index is 13.2. The van der Waals surface area contributed by atoms with E-state index in [2.05, 4.69) is 15.9 Å². The van der Waals surface area contributed by atoms with Crippen molar-refractivity contribution in [3.05, 3.63) is 28.2 Å². The average Bonchev–Trinajstić information content (AvgIpc) is 2.28. The molecule has 0 radical (unpaired) electrons. The van der Waals surface area contributed by atoms with Gasteiger partial charge in [0.05, 0.1) is 7.11 Å². The van der Waals surface area contributed by atoms with Crippen LogP contribution in [0.5, 0.6) is 5.75 Å². The van der Waals surface area contributed by atoms with Crippen LogP contribution in [0.15, 0.2) is 22.7 Å². The van der Waals surface area contributed by atoms with Gasteiger partial charge < -0.3 is 15.6 Å². The molecule has 16 heavy (non-hydrogen) atoms. The zero-order valence-electron chi connectivity index (χ0n) is 8.58. The summed E-state index contributed by atoms with van der Waals surface area (Å²) in [4.78, 5) is 0. The van der Waals surface area contributed by atoms with Gasteiger partial charge in [-0.1, -0.05) is 15.9 Å². The van der Waals surface area contributed by atoms with E-state index < -0.39 is 18.6 Å². The van der Waals surface area contributed by atoms with Gasteiger partial charge in [-0.05, 0) is 18.2 Å². The number of ether oxygens (including phenoxy) is 1. The summed E-state index contributed by atoms with van der Waals surface area (Å²) in [5.74, 6) is -3.11. The van der Waals surface area contributed by atoms with Crippen molar-refractivity contribution in [2.75, 3.05) is 13.7 Å². The van der Waals surface area contributed by atoms with E-state index in [1.807, 2.05) is 0 Å². The number of benzene rings is 1. The monoisotopic (exact) mass is 295 g/mol. The van der Waals surface area contributed by atoms with E-state index in [1.54, 1.807) is 6.07 Å². The van der Waals surface area contributed by atoms with E-state index in [0.717, 1.165) is 0 Å². The molecular weight excluding hydrogens is 284 g/mol. The normalized spacial score (nSPS) is 13.6. The van der Waals surface area contributed by atoms with Crippen molar-refractivity contribution in [3.8, 4) is 5.75 Å². The third-order valence-corrected chi connectivity index (χ3v) is 2.69. The molecule has 0 fully saturated rings. The van der Waals surface area contributed by atoms with Crippen LogP contribution in [0.2, 0.25) is 0 Å². The lowest BCUT2D eigenvalue weighted by molar-refractivity contribution is -0.0715. The molecule has 0 bridgehead atoms. The van der Waals surface area contributed by atoms with Crippen LogP contribution in [-0.2, 0) is 0 Å². The van der Waals surface area contributed by atoms with E-state index in [9.17, 15) is 8.78 Å². The Labute approximate surface area is 100 Å². The number of halogens is 3. The Balaban J connectivity index is 3.16. The molecule has 0 aliphatic carbocycles. The average molecular weight is 296 g/mol. The van der Waals surface area contributed by atoms with Gasteiger partial charge in [-0.2, -0.15) is 0 Å². The number of aliphatic hydroxyl groups excluding tert-OH is 1. The molecule has 90 valence electrons. The highest BCUT2D eigenvalue weighted by Gasteiger charge is 2.38. The fourth-order valence-corrected chi connectivity index (χ4v) is 1.65. The lowest BCUT2D eigenvalue weighted by Gasteiger charge is -2.23. The highest BCUT2D eigenvalue weighted by Crippen LogP contribution is 2.35. The first kappa shape index (κ1) is 13.3. The second-order valence-electron chi connectivity index (χ2n) is 3.28. The molecule has 0 unspecified atom stereocenters. The molecule has 0 saturated heterocycles. The molecular formula is C10H12BrF2NO2. The van der Waals surface area contributed by atoms with E-state index in [-0.39, 0.29) is 11.3 Å². The van der Waals surface area contributed by atoms with Gasteiger partial charge in [0, 0.05) is 10.0 Å². The number of hydrogen-bond donors (Lipinski definition) is 2. The van der Waals surface area contributed by atoms with Crippen molar-refractivity contribution in [1.29, 1.82) is 0 Å². The summed E-state index contributed by atoms with van der Waals surface area (Å²) in [6, 6.07) is 3.04. The number of methoxy groups -OCH3 is 1. The predicted molar refractivity (Wildman–Crippen MR) is 59.7 cm³/mol. The lowest BCUT2D eigenvalue weighted by Crippen LogP contribution is -2.36. The Morgan fingerprint density at radius 2 is 2.19 bits per heavy atom. The van der Waals surface area contributed by atoms with Gasteiger partial charge >= 0.3 is 0 Å². The molecule has 6 heteroatoms. The van der Waals surface area contributed by atoms with Gasteiger partial charge in [-0.3, -0.25) is 0 Å². The number of aliphatic hydroxyl groups is 1. The second-order valence-corrected chi connectivity index (χ2v) is 4.20. The van der Waals surface area contributed by atoms with Gasteiger partial charge in [0.25, 0.3) is 5.92 Å². The Morgan fingerprint density at radius 1 is 1.56 bits per heavy atom. The van der Waals surface area contributed by atoms with Gasteiger partial charge in [0.1, 0.15) is 18.4 Å². The van der Waals surface area contributed by atoms with Crippen molar-refractivity contribution in [2.45, 2.75) is 12.0 Å². The summed E-state index contributed by atoms with van der Waals surface area (Å²) in [6.45, 7) is -1.30. The standard InChI is InChI=1S/C10H12BrF2NO2/c1-16-8-3-2-6(11)4-7(8)9(14)10(12,13)5-15/h2-4,9,15H,5,14H2,1H3/t9-/m1/s1. The molecule has 1 aromatic carbocycles. The van der Waals surface area contributed by atoms with E-state index in [1.165, 1.54) is 19.2 Å². The van der Waals surface area contributed by atoms with Gasteiger partial charge in [0.2, 0.25) is 0 Å². The maximum absolute atomic E-state index is 13.2. The molecule has 0 aromatic heterocycles. The minimum absolute atomic E-state index is 0.149. The number of rotatable bonds is 4. The van der Waals surface area contributed by atoms with Crippen LogP contribution in [0.1, 0.15) is 11.6 Å². The minimum Gasteiger partial charge on any atom is -0.496 e. The zero-order chi connectivity index (χ0) is 12.3. The SMILES string of the molecule is COc1ccc(Br)cc1[C@@H](N)C(F)(F)CO. The first-order valence-electron chi connectivity index (χ1n) is 4.50. The molecule has 1 rings (SSSR count). The molecule has 0 saturated carbocycles. The molecule has 1 aromatic rings. The third kappa shape index (κ3) is 2.69. The quantitative estimate of drug-likeness (QED) is 0.894. The highest BCUT2D eigenvalue weighted by atomic mass is 79.9. The first-order valence-corrected chi connectivity index (χ1v) is 5.29. The second kappa shape index (κ2) is 5.07. The van der Waals surface area contributed by atoms with Crippen molar-refractivity contribution >= 4 is 15.9 Å². The minimum atomic E-state index is -3.38. The number of alkyl halides is 2. The highest BCUT2D eigenvalue weighted by molar-refractivity contribution is 9.10. The van der Waals surface area contributed by atoms with Crippen LogP contribution in [0.25, 0.3) is 0 Å². The molecule has 0 amide bonds. The summed E-state index contributed by atoms with van der Waals surface area (Å²) >= 11 is 3.16. The van der Waals surface area contributed by atoms with E-state index >= 15 is 0 Å². The summed E-state index contributed by atoms with van der Waals surface area (Å²) < 4.78 is 32.0. The third-order valence-electron chi connectivity index (χ3n) is 2.19. The van der Waals surface area contributed by atoms with Crippen molar-refractivity contribution in [2.24, 2.45) is 5.73 Å². The van der Waals surface area contributed by atoms with Crippen molar-refractivity contribution < 1.29 is 18.6 Å². The number of hydrogen-bond acceptors (Lipinski definition) is 3. The largest absolute Gasteiger partial charge is 0.496 e.